The highest BCUT2D eigenvalue weighted by molar-refractivity contribution is 5.73. The molecular formula is C13H18N2O. The van der Waals surface area contributed by atoms with Crippen LogP contribution in [0.2, 0.25) is 0 Å². The number of fused-ring (bicyclic) bond motifs is 1. The highest BCUT2D eigenvalue weighted by Gasteiger charge is 2.16. The molecule has 0 unspecified atom stereocenters. The third kappa shape index (κ3) is 1.82. The van der Waals surface area contributed by atoms with Crippen LogP contribution in [-0.2, 0) is 6.42 Å². The van der Waals surface area contributed by atoms with Gasteiger partial charge in [-0.15, -0.1) is 0 Å². The minimum Gasteiger partial charge on any atom is -0.445 e. The van der Waals surface area contributed by atoms with E-state index in [9.17, 15) is 0 Å². The van der Waals surface area contributed by atoms with Crippen molar-refractivity contribution in [1.29, 1.82) is 0 Å². The zero-order valence-corrected chi connectivity index (χ0v) is 10.2. The predicted molar refractivity (Wildman–Crippen MR) is 64.5 cm³/mol. The van der Waals surface area contributed by atoms with Crippen LogP contribution in [0.5, 0.6) is 0 Å². The van der Waals surface area contributed by atoms with Crippen molar-refractivity contribution in [1.82, 2.24) is 9.97 Å². The number of furan rings is 1. The molecule has 2 heterocycles. The van der Waals surface area contributed by atoms with Gasteiger partial charge in [-0.2, -0.15) is 0 Å². The Balaban J connectivity index is 2.52. The molecule has 0 radical (unpaired) electrons. The van der Waals surface area contributed by atoms with E-state index in [-0.39, 0.29) is 0 Å². The third-order valence-corrected chi connectivity index (χ3v) is 3.15. The molecule has 0 bridgehead atoms. The van der Waals surface area contributed by atoms with Crippen LogP contribution < -0.4 is 0 Å². The normalized spacial score (nSPS) is 11.5. The Morgan fingerprint density at radius 3 is 2.62 bits per heavy atom. The zero-order chi connectivity index (χ0) is 11.5. The van der Waals surface area contributed by atoms with Gasteiger partial charge in [-0.25, -0.2) is 9.97 Å². The van der Waals surface area contributed by atoms with Gasteiger partial charge in [0.1, 0.15) is 5.52 Å². The lowest BCUT2D eigenvalue weighted by Gasteiger charge is -2.09. The van der Waals surface area contributed by atoms with E-state index in [0.717, 1.165) is 30.5 Å². The highest BCUT2D eigenvalue weighted by atomic mass is 16.3. The molecule has 0 spiro atoms. The Morgan fingerprint density at radius 1 is 1.25 bits per heavy atom. The molecular weight excluding hydrogens is 200 g/mol. The topological polar surface area (TPSA) is 38.9 Å². The molecule has 2 aromatic heterocycles. The van der Waals surface area contributed by atoms with E-state index >= 15 is 0 Å². The van der Waals surface area contributed by atoms with Crippen LogP contribution in [0.25, 0.3) is 11.2 Å². The van der Waals surface area contributed by atoms with Crippen LogP contribution >= 0.6 is 0 Å². The fourth-order valence-corrected chi connectivity index (χ4v) is 2.05. The largest absolute Gasteiger partial charge is 0.445 e. The fourth-order valence-electron chi connectivity index (χ4n) is 2.05. The van der Waals surface area contributed by atoms with Crippen LogP contribution in [0.1, 0.15) is 50.8 Å². The highest BCUT2D eigenvalue weighted by Crippen LogP contribution is 2.29. The van der Waals surface area contributed by atoms with Crippen LogP contribution in [0, 0.1) is 0 Å². The second kappa shape index (κ2) is 4.64. The van der Waals surface area contributed by atoms with Gasteiger partial charge in [-0.3, -0.25) is 0 Å². The quantitative estimate of drug-likeness (QED) is 0.785. The lowest BCUT2D eigenvalue weighted by molar-refractivity contribution is 0.577. The first-order chi connectivity index (χ1) is 7.80. The van der Waals surface area contributed by atoms with E-state index < -0.39 is 0 Å². The summed E-state index contributed by atoms with van der Waals surface area (Å²) in [4.78, 5) is 8.91. The molecule has 0 aliphatic carbocycles. The number of rotatable bonds is 4. The van der Waals surface area contributed by atoms with Gasteiger partial charge in [0.05, 0.1) is 18.2 Å². The van der Waals surface area contributed by atoms with Crippen LogP contribution in [0.3, 0.4) is 0 Å². The Kier molecular flexibility index (Phi) is 3.22. The SMILES string of the molecule is CCc1cnc2occ(C(CC)CC)c2n1. The van der Waals surface area contributed by atoms with E-state index in [4.69, 9.17) is 4.42 Å². The molecule has 0 aliphatic heterocycles. The first-order valence-corrected chi connectivity index (χ1v) is 6.03. The summed E-state index contributed by atoms with van der Waals surface area (Å²) in [6.45, 7) is 6.49. The molecule has 0 saturated carbocycles. The fraction of sp³-hybridized carbons (Fsp3) is 0.538. The van der Waals surface area contributed by atoms with E-state index in [1.807, 2.05) is 6.26 Å². The standard InChI is InChI=1S/C13H18N2O/c1-4-9(5-2)11-8-16-13-12(11)15-10(6-3)7-14-13/h7-9H,4-6H2,1-3H3. The summed E-state index contributed by atoms with van der Waals surface area (Å²) in [6.07, 6.45) is 6.76. The number of aromatic nitrogens is 2. The molecule has 0 atom stereocenters. The number of hydrogen-bond acceptors (Lipinski definition) is 3. The van der Waals surface area contributed by atoms with E-state index in [2.05, 4.69) is 30.7 Å². The molecule has 16 heavy (non-hydrogen) atoms. The summed E-state index contributed by atoms with van der Waals surface area (Å²) in [5.41, 5.74) is 3.86. The first-order valence-electron chi connectivity index (χ1n) is 6.03. The molecule has 0 amide bonds. The van der Waals surface area contributed by atoms with Gasteiger partial charge >= 0.3 is 0 Å². The van der Waals surface area contributed by atoms with Crippen LogP contribution in [-0.4, -0.2) is 9.97 Å². The Hall–Kier alpha value is -1.38. The number of hydrogen-bond donors (Lipinski definition) is 0. The molecule has 2 aromatic rings. The van der Waals surface area contributed by atoms with Gasteiger partial charge in [-0.05, 0) is 25.2 Å². The second-order valence-electron chi connectivity index (χ2n) is 4.07. The number of aryl methyl sites for hydroxylation is 1. The molecule has 0 fully saturated rings. The van der Waals surface area contributed by atoms with Crippen molar-refractivity contribution in [2.45, 2.75) is 46.0 Å². The zero-order valence-electron chi connectivity index (χ0n) is 10.2. The van der Waals surface area contributed by atoms with Crippen molar-refractivity contribution < 1.29 is 4.42 Å². The average molecular weight is 218 g/mol. The maximum absolute atomic E-state index is 5.46. The minimum atomic E-state index is 0.530. The molecule has 3 heteroatoms. The van der Waals surface area contributed by atoms with Crippen molar-refractivity contribution in [3.8, 4) is 0 Å². The van der Waals surface area contributed by atoms with E-state index in [1.165, 1.54) is 5.56 Å². The minimum absolute atomic E-state index is 0.530. The molecule has 86 valence electrons. The summed E-state index contributed by atoms with van der Waals surface area (Å²) >= 11 is 0. The molecule has 0 aromatic carbocycles. The molecule has 0 saturated heterocycles. The average Bonchev–Trinajstić information content (AvgIpc) is 2.74. The Morgan fingerprint density at radius 2 is 2.00 bits per heavy atom. The molecule has 2 rings (SSSR count). The lowest BCUT2D eigenvalue weighted by atomic mass is 9.96. The van der Waals surface area contributed by atoms with Crippen LogP contribution in [0.15, 0.2) is 16.9 Å². The molecule has 0 aliphatic rings. The maximum atomic E-state index is 5.46. The van der Waals surface area contributed by atoms with Crippen molar-refractivity contribution in [2.24, 2.45) is 0 Å². The van der Waals surface area contributed by atoms with Gasteiger partial charge in [0.2, 0.25) is 5.71 Å². The smallest absolute Gasteiger partial charge is 0.245 e. The molecule has 0 N–H and O–H groups in total. The van der Waals surface area contributed by atoms with Crippen molar-refractivity contribution in [3.05, 3.63) is 23.7 Å². The first kappa shape index (κ1) is 11.1. The van der Waals surface area contributed by atoms with Gasteiger partial charge in [0.15, 0.2) is 0 Å². The molecule has 3 nitrogen and oxygen atoms in total. The Bertz CT molecular complexity index is 472. The van der Waals surface area contributed by atoms with E-state index in [0.29, 0.717) is 11.6 Å². The van der Waals surface area contributed by atoms with Gasteiger partial charge in [0.25, 0.3) is 0 Å². The van der Waals surface area contributed by atoms with Gasteiger partial charge in [-0.1, -0.05) is 20.8 Å². The van der Waals surface area contributed by atoms with Crippen molar-refractivity contribution in [3.63, 3.8) is 0 Å². The monoisotopic (exact) mass is 218 g/mol. The summed E-state index contributed by atoms with van der Waals surface area (Å²) in [7, 11) is 0. The summed E-state index contributed by atoms with van der Waals surface area (Å²) in [5.74, 6) is 0.530. The summed E-state index contributed by atoms with van der Waals surface area (Å²) in [5, 5.41) is 0. The van der Waals surface area contributed by atoms with Crippen molar-refractivity contribution >= 4 is 11.2 Å². The summed E-state index contributed by atoms with van der Waals surface area (Å²) in [6, 6.07) is 0. The number of nitrogens with zero attached hydrogens (tertiary/aromatic N) is 2. The van der Waals surface area contributed by atoms with Crippen molar-refractivity contribution in [2.75, 3.05) is 0 Å². The van der Waals surface area contributed by atoms with Gasteiger partial charge in [0, 0.05) is 5.56 Å². The Labute approximate surface area is 95.9 Å². The third-order valence-electron chi connectivity index (χ3n) is 3.15. The second-order valence-corrected chi connectivity index (χ2v) is 4.07. The van der Waals surface area contributed by atoms with Crippen LogP contribution in [0.4, 0.5) is 0 Å². The summed E-state index contributed by atoms with van der Waals surface area (Å²) < 4.78 is 5.46. The predicted octanol–water partition coefficient (Wildman–Crippen LogP) is 3.69. The van der Waals surface area contributed by atoms with E-state index in [1.54, 1.807) is 6.20 Å². The lowest BCUT2D eigenvalue weighted by Crippen LogP contribution is -1.96. The van der Waals surface area contributed by atoms with Gasteiger partial charge < -0.3 is 4.42 Å². The maximum Gasteiger partial charge on any atom is 0.245 e.